The molecule has 0 radical (unpaired) electrons. The molecule has 0 saturated carbocycles. The van der Waals surface area contributed by atoms with Crippen LogP contribution in [0.5, 0.6) is 0 Å². The number of likely N-dealkylation sites (tertiary alicyclic amines) is 2. The Morgan fingerprint density at radius 1 is 1.23 bits per heavy atom. The summed E-state index contributed by atoms with van der Waals surface area (Å²) < 4.78 is 5.60. The van der Waals surface area contributed by atoms with Gasteiger partial charge in [0.05, 0.1) is 6.54 Å². The van der Waals surface area contributed by atoms with E-state index in [0.29, 0.717) is 32.5 Å². The third kappa shape index (κ3) is 3.16. The van der Waals surface area contributed by atoms with Gasteiger partial charge < -0.3 is 14.5 Å². The van der Waals surface area contributed by atoms with Gasteiger partial charge in [-0.1, -0.05) is 6.07 Å². The second-order valence-electron chi connectivity index (χ2n) is 7.66. The van der Waals surface area contributed by atoms with Crippen molar-refractivity contribution in [3.05, 3.63) is 30.1 Å². The van der Waals surface area contributed by atoms with Crippen molar-refractivity contribution in [1.82, 2.24) is 19.7 Å². The number of aromatic nitrogens is 1. The summed E-state index contributed by atoms with van der Waals surface area (Å²) in [5, 5.41) is 0. The van der Waals surface area contributed by atoms with Crippen molar-refractivity contribution in [1.29, 1.82) is 0 Å². The molecule has 0 unspecified atom stereocenters. The number of carbonyl (C=O) groups excluding carboxylic acids is 2. The molecule has 1 spiro atoms. The molecular formula is C19H26N4O3. The minimum absolute atomic E-state index is 0.146. The molecule has 0 N–H and O–H groups in total. The molecule has 3 aliphatic rings. The Morgan fingerprint density at radius 3 is 2.54 bits per heavy atom. The number of hydrogen-bond donors (Lipinski definition) is 0. The Kier molecular flexibility index (Phi) is 4.56. The fraction of sp³-hybridized carbons (Fsp3) is 0.632. The molecule has 140 valence electrons. The van der Waals surface area contributed by atoms with E-state index in [4.69, 9.17) is 4.74 Å². The van der Waals surface area contributed by atoms with Crippen LogP contribution in [0.25, 0.3) is 0 Å². The lowest BCUT2D eigenvalue weighted by molar-refractivity contribution is -0.140. The van der Waals surface area contributed by atoms with Crippen LogP contribution < -0.4 is 0 Å². The minimum atomic E-state index is -0.417. The molecule has 0 aliphatic carbocycles. The summed E-state index contributed by atoms with van der Waals surface area (Å²) in [5.74, 6) is 0.146. The van der Waals surface area contributed by atoms with Gasteiger partial charge >= 0.3 is 6.09 Å². The van der Waals surface area contributed by atoms with Gasteiger partial charge in [-0.3, -0.25) is 14.7 Å². The van der Waals surface area contributed by atoms with Crippen molar-refractivity contribution in [2.45, 2.75) is 37.3 Å². The number of amides is 2. The summed E-state index contributed by atoms with van der Waals surface area (Å²) >= 11 is 0. The van der Waals surface area contributed by atoms with E-state index in [0.717, 1.165) is 31.5 Å². The fourth-order valence-corrected chi connectivity index (χ4v) is 4.41. The minimum Gasteiger partial charge on any atom is -0.441 e. The second-order valence-corrected chi connectivity index (χ2v) is 7.66. The van der Waals surface area contributed by atoms with Crippen LogP contribution in [0.1, 0.15) is 37.3 Å². The molecule has 4 rings (SSSR count). The maximum atomic E-state index is 13.4. The molecule has 4 heterocycles. The van der Waals surface area contributed by atoms with Gasteiger partial charge in [0.15, 0.2) is 0 Å². The summed E-state index contributed by atoms with van der Waals surface area (Å²) in [5.41, 5.74) is 0.548. The van der Waals surface area contributed by atoms with E-state index in [2.05, 4.69) is 9.88 Å². The molecule has 7 nitrogen and oxygen atoms in total. The smallest absolute Gasteiger partial charge is 0.410 e. The highest BCUT2D eigenvalue weighted by Crippen LogP contribution is 2.34. The Labute approximate surface area is 153 Å². The van der Waals surface area contributed by atoms with Gasteiger partial charge in [0.2, 0.25) is 5.91 Å². The van der Waals surface area contributed by atoms with Crippen LogP contribution >= 0.6 is 0 Å². The first-order valence-corrected chi connectivity index (χ1v) is 9.45. The third-order valence-electron chi connectivity index (χ3n) is 5.87. The maximum absolute atomic E-state index is 13.4. The van der Waals surface area contributed by atoms with Gasteiger partial charge in [0.25, 0.3) is 0 Å². The van der Waals surface area contributed by atoms with Crippen molar-refractivity contribution < 1.29 is 14.3 Å². The molecule has 3 fully saturated rings. The monoisotopic (exact) mass is 358 g/mol. The zero-order valence-corrected chi connectivity index (χ0v) is 15.3. The first-order chi connectivity index (χ1) is 12.6. The SMILES string of the molecule is CN1CC2(CCN(C(=O)[C@@H](c3cccnc3)N3CCCC3)CC2)OC1=O. The summed E-state index contributed by atoms with van der Waals surface area (Å²) in [6.07, 6.45) is 6.97. The lowest BCUT2D eigenvalue weighted by Crippen LogP contribution is -2.51. The summed E-state index contributed by atoms with van der Waals surface area (Å²) in [7, 11) is 1.76. The first-order valence-electron chi connectivity index (χ1n) is 9.45. The van der Waals surface area contributed by atoms with E-state index in [1.807, 2.05) is 17.0 Å². The van der Waals surface area contributed by atoms with Crippen molar-refractivity contribution in [3.63, 3.8) is 0 Å². The van der Waals surface area contributed by atoms with E-state index in [9.17, 15) is 9.59 Å². The number of piperidine rings is 1. The van der Waals surface area contributed by atoms with Crippen LogP contribution in [0.4, 0.5) is 4.79 Å². The number of hydrogen-bond acceptors (Lipinski definition) is 5. The second kappa shape index (κ2) is 6.87. The van der Waals surface area contributed by atoms with E-state index in [1.165, 1.54) is 0 Å². The zero-order chi connectivity index (χ0) is 18.1. The number of nitrogens with zero attached hydrogens (tertiary/aromatic N) is 4. The first kappa shape index (κ1) is 17.3. The van der Waals surface area contributed by atoms with E-state index in [-0.39, 0.29) is 18.0 Å². The van der Waals surface area contributed by atoms with Gasteiger partial charge in [-0.25, -0.2) is 4.79 Å². The Morgan fingerprint density at radius 2 is 1.96 bits per heavy atom. The average molecular weight is 358 g/mol. The van der Waals surface area contributed by atoms with Crippen LogP contribution in [0.3, 0.4) is 0 Å². The van der Waals surface area contributed by atoms with Gasteiger partial charge in [-0.05, 0) is 37.6 Å². The van der Waals surface area contributed by atoms with Gasteiger partial charge in [-0.15, -0.1) is 0 Å². The van der Waals surface area contributed by atoms with Gasteiger partial charge in [-0.2, -0.15) is 0 Å². The van der Waals surface area contributed by atoms with Crippen molar-refractivity contribution in [2.24, 2.45) is 0 Å². The molecule has 3 aliphatic heterocycles. The van der Waals surface area contributed by atoms with Crippen LogP contribution in [-0.4, -0.2) is 77.1 Å². The molecule has 1 atom stereocenters. The van der Waals surface area contributed by atoms with Crippen LogP contribution in [0, 0.1) is 0 Å². The Hall–Kier alpha value is -2.15. The van der Waals surface area contributed by atoms with Crippen molar-refractivity contribution in [2.75, 3.05) is 39.8 Å². The lowest BCUT2D eigenvalue weighted by atomic mass is 9.90. The molecule has 0 aromatic carbocycles. The predicted octanol–water partition coefficient (Wildman–Crippen LogP) is 1.66. The standard InChI is InChI=1S/C19H26N4O3/c1-21-14-19(26-18(21)25)6-11-23(12-7-19)17(24)16(22-9-2-3-10-22)15-5-4-8-20-13-15/h4-5,8,13,16H,2-3,6-7,9-12,14H2,1H3/t16-/m1/s1. The highest BCUT2D eigenvalue weighted by atomic mass is 16.6. The molecule has 1 aromatic rings. The molecular weight excluding hydrogens is 332 g/mol. The average Bonchev–Trinajstić information content (AvgIpc) is 3.26. The Balaban J connectivity index is 1.48. The van der Waals surface area contributed by atoms with Crippen LogP contribution in [-0.2, 0) is 9.53 Å². The van der Waals surface area contributed by atoms with Crippen molar-refractivity contribution >= 4 is 12.0 Å². The molecule has 26 heavy (non-hydrogen) atoms. The molecule has 3 saturated heterocycles. The van der Waals surface area contributed by atoms with Crippen LogP contribution in [0.15, 0.2) is 24.5 Å². The molecule has 2 amide bonds. The van der Waals surface area contributed by atoms with Gasteiger partial charge in [0.1, 0.15) is 11.6 Å². The topological polar surface area (TPSA) is 66.0 Å². The van der Waals surface area contributed by atoms with Gasteiger partial charge in [0, 0.05) is 45.4 Å². The van der Waals surface area contributed by atoms with E-state index < -0.39 is 5.60 Å². The number of carbonyl (C=O) groups is 2. The summed E-state index contributed by atoms with van der Waals surface area (Å²) in [4.78, 5) is 35.1. The highest BCUT2D eigenvalue weighted by molar-refractivity contribution is 5.83. The van der Waals surface area contributed by atoms with Crippen LogP contribution in [0.2, 0.25) is 0 Å². The lowest BCUT2D eigenvalue weighted by Gasteiger charge is -2.40. The quantitative estimate of drug-likeness (QED) is 0.822. The van der Waals surface area contributed by atoms with Crippen molar-refractivity contribution in [3.8, 4) is 0 Å². The summed E-state index contributed by atoms with van der Waals surface area (Å²) in [6.45, 7) is 3.78. The molecule has 0 bridgehead atoms. The molecule has 1 aromatic heterocycles. The largest absolute Gasteiger partial charge is 0.441 e. The number of pyridine rings is 1. The third-order valence-corrected chi connectivity index (χ3v) is 5.87. The Bertz CT molecular complexity index is 667. The molecule has 7 heteroatoms. The zero-order valence-electron chi connectivity index (χ0n) is 15.3. The summed E-state index contributed by atoms with van der Waals surface area (Å²) in [6, 6.07) is 3.63. The van der Waals surface area contributed by atoms with E-state index >= 15 is 0 Å². The fourth-order valence-electron chi connectivity index (χ4n) is 4.41. The van der Waals surface area contributed by atoms with E-state index in [1.54, 1.807) is 24.3 Å². The number of likely N-dealkylation sites (N-methyl/N-ethyl adjacent to an activating group) is 1. The maximum Gasteiger partial charge on any atom is 0.410 e. The normalized spacial score (nSPS) is 24.1. The predicted molar refractivity (Wildman–Crippen MR) is 95.4 cm³/mol. The number of rotatable bonds is 3. The number of ether oxygens (including phenoxy) is 1. The highest BCUT2D eigenvalue weighted by Gasteiger charge is 2.47.